The highest BCUT2D eigenvalue weighted by atomic mass is 32.1. The van der Waals surface area contributed by atoms with Gasteiger partial charge in [0.15, 0.2) is 0 Å². The van der Waals surface area contributed by atoms with E-state index in [1.807, 2.05) is 0 Å². The van der Waals surface area contributed by atoms with Crippen molar-refractivity contribution in [1.29, 1.82) is 0 Å². The van der Waals surface area contributed by atoms with Crippen molar-refractivity contribution in [2.75, 3.05) is 19.8 Å². The molecule has 0 spiro atoms. The normalized spacial score (nSPS) is 17.8. The third kappa shape index (κ3) is 3.27. The number of thiazole rings is 1. The molecule has 2 rings (SSSR count). The van der Waals surface area contributed by atoms with Crippen molar-refractivity contribution in [1.82, 2.24) is 4.98 Å². The first-order chi connectivity index (χ1) is 7.90. The molecule has 2 N–H and O–H groups in total. The first-order valence-corrected chi connectivity index (χ1v) is 7.00. The van der Waals surface area contributed by atoms with Crippen LogP contribution >= 0.6 is 11.3 Å². The lowest BCUT2D eigenvalue weighted by molar-refractivity contribution is 0.0846. The van der Waals surface area contributed by atoms with Gasteiger partial charge in [0, 0.05) is 24.5 Å². The van der Waals surface area contributed by atoms with Gasteiger partial charge in [0.1, 0.15) is 0 Å². The van der Waals surface area contributed by atoms with Crippen molar-refractivity contribution >= 4 is 11.3 Å². The van der Waals surface area contributed by atoms with Gasteiger partial charge < -0.3 is 10.5 Å². The Morgan fingerprint density at radius 1 is 1.38 bits per heavy atom. The molecule has 90 valence electrons. The maximum absolute atomic E-state index is 5.48. The number of ether oxygens (including phenoxy) is 1. The van der Waals surface area contributed by atoms with Crippen LogP contribution in [0.3, 0.4) is 0 Å². The average Bonchev–Trinajstić information content (AvgIpc) is 2.79. The summed E-state index contributed by atoms with van der Waals surface area (Å²) < 4.78 is 5.37. The van der Waals surface area contributed by atoms with Crippen molar-refractivity contribution in [3.05, 3.63) is 16.1 Å². The highest BCUT2D eigenvalue weighted by Gasteiger charge is 2.18. The van der Waals surface area contributed by atoms with E-state index in [4.69, 9.17) is 15.5 Å². The number of hydrogen-bond acceptors (Lipinski definition) is 4. The van der Waals surface area contributed by atoms with Gasteiger partial charge in [-0.15, -0.1) is 11.3 Å². The van der Waals surface area contributed by atoms with Crippen LogP contribution in [0.15, 0.2) is 5.38 Å². The SMILES string of the molecule is NCCCCc1nc(C2CCOCC2)cs1. The fourth-order valence-electron chi connectivity index (χ4n) is 2.04. The van der Waals surface area contributed by atoms with E-state index in [9.17, 15) is 0 Å². The van der Waals surface area contributed by atoms with E-state index >= 15 is 0 Å². The molecule has 0 radical (unpaired) electrons. The molecule has 1 aliphatic rings. The number of rotatable bonds is 5. The molecule has 1 fully saturated rings. The summed E-state index contributed by atoms with van der Waals surface area (Å²) in [6, 6.07) is 0. The lowest BCUT2D eigenvalue weighted by atomic mass is 9.97. The van der Waals surface area contributed by atoms with Crippen LogP contribution in [0.5, 0.6) is 0 Å². The maximum Gasteiger partial charge on any atom is 0.0928 e. The number of hydrogen-bond donors (Lipinski definition) is 1. The minimum Gasteiger partial charge on any atom is -0.381 e. The van der Waals surface area contributed by atoms with Crippen LogP contribution in [0, 0.1) is 0 Å². The van der Waals surface area contributed by atoms with Crippen molar-refractivity contribution in [3.8, 4) is 0 Å². The zero-order chi connectivity index (χ0) is 11.2. The van der Waals surface area contributed by atoms with E-state index in [-0.39, 0.29) is 0 Å². The third-order valence-electron chi connectivity index (χ3n) is 3.05. The molecule has 16 heavy (non-hydrogen) atoms. The van der Waals surface area contributed by atoms with Crippen LogP contribution in [0.4, 0.5) is 0 Å². The van der Waals surface area contributed by atoms with Gasteiger partial charge in [0.2, 0.25) is 0 Å². The van der Waals surface area contributed by atoms with Gasteiger partial charge in [0.05, 0.1) is 10.7 Å². The Morgan fingerprint density at radius 3 is 2.94 bits per heavy atom. The topological polar surface area (TPSA) is 48.1 Å². The van der Waals surface area contributed by atoms with Crippen LogP contribution in [0.25, 0.3) is 0 Å². The van der Waals surface area contributed by atoms with Crippen molar-refractivity contribution < 1.29 is 4.74 Å². The van der Waals surface area contributed by atoms with Crippen molar-refractivity contribution in [2.45, 2.75) is 38.0 Å². The zero-order valence-corrected chi connectivity index (χ0v) is 10.5. The van der Waals surface area contributed by atoms with E-state index in [1.54, 1.807) is 11.3 Å². The summed E-state index contributed by atoms with van der Waals surface area (Å²) in [5.41, 5.74) is 6.77. The fraction of sp³-hybridized carbons (Fsp3) is 0.750. The Labute approximate surface area is 101 Å². The van der Waals surface area contributed by atoms with Gasteiger partial charge in [-0.05, 0) is 38.6 Å². The minimum atomic E-state index is 0.633. The lowest BCUT2D eigenvalue weighted by Crippen LogP contribution is -2.14. The van der Waals surface area contributed by atoms with Gasteiger partial charge in [-0.25, -0.2) is 4.98 Å². The Hall–Kier alpha value is -0.450. The molecule has 0 aliphatic carbocycles. The van der Waals surface area contributed by atoms with Crippen LogP contribution in [-0.2, 0) is 11.2 Å². The van der Waals surface area contributed by atoms with E-state index < -0.39 is 0 Å². The van der Waals surface area contributed by atoms with E-state index in [2.05, 4.69) is 5.38 Å². The van der Waals surface area contributed by atoms with Gasteiger partial charge in [-0.2, -0.15) is 0 Å². The third-order valence-corrected chi connectivity index (χ3v) is 3.98. The molecule has 2 heterocycles. The molecule has 1 saturated heterocycles. The Kier molecular flexibility index (Phi) is 4.75. The molecule has 4 heteroatoms. The molecule has 3 nitrogen and oxygen atoms in total. The molecule has 0 amide bonds. The summed E-state index contributed by atoms with van der Waals surface area (Å²) in [6.45, 7) is 2.58. The molecular weight excluding hydrogens is 220 g/mol. The molecule has 0 saturated carbocycles. The zero-order valence-electron chi connectivity index (χ0n) is 9.65. The maximum atomic E-state index is 5.48. The molecule has 1 aromatic heterocycles. The number of nitrogens with two attached hydrogens (primary N) is 1. The fourth-order valence-corrected chi connectivity index (χ4v) is 2.96. The summed E-state index contributed by atoms with van der Waals surface area (Å²) in [4.78, 5) is 4.73. The summed E-state index contributed by atoms with van der Waals surface area (Å²) >= 11 is 1.80. The molecule has 0 bridgehead atoms. The van der Waals surface area contributed by atoms with Crippen molar-refractivity contribution in [2.24, 2.45) is 5.73 Å². The largest absolute Gasteiger partial charge is 0.381 e. The predicted molar refractivity (Wildman–Crippen MR) is 66.9 cm³/mol. The van der Waals surface area contributed by atoms with E-state index in [0.717, 1.165) is 51.9 Å². The number of aryl methyl sites for hydroxylation is 1. The highest BCUT2D eigenvalue weighted by Crippen LogP contribution is 2.28. The second kappa shape index (κ2) is 6.33. The Morgan fingerprint density at radius 2 is 2.19 bits per heavy atom. The standard InChI is InChI=1S/C12H20N2OS/c13-6-2-1-3-12-14-11(9-16-12)10-4-7-15-8-5-10/h9-10H,1-8,13H2. The number of aromatic nitrogens is 1. The van der Waals surface area contributed by atoms with Crippen molar-refractivity contribution in [3.63, 3.8) is 0 Å². The molecule has 0 unspecified atom stereocenters. The second-order valence-electron chi connectivity index (χ2n) is 4.30. The smallest absolute Gasteiger partial charge is 0.0928 e. The predicted octanol–water partition coefficient (Wildman–Crippen LogP) is 2.32. The van der Waals surface area contributed by atoms with Crippen LogP contribution in [0.1, 0.15) is 42.3 Å². The van der Waals surface area contributed by atoms with Gasteiger partial charge in [0.25, 0.3) is 0 Å². The van der Waals surface area contributed by atoms with Crippen LogP contribution in [0.2, 0.25) is 0 Å². The number of unbranched alkanes of at least 4 members (excludes halogenated alkanes) is 1. The average molecular weight is 240 g/mol. The van der Waals surface area contributed by atoms with E-state index in [1.165, 1.54) is 10.7 Å². The molecular formula is C12H20N2OS. The second-order valence-corrected chi connectivity index (χ2v) is 5.24. The quantitative estimate of drug-likeness (QED) is 0.803. The van der Waals surface area contributed by atoms with Gasteiger partial charge in [-0.3, -0.25) is 0 Å². The summed E-state index contributed by atoms with van der Waals surface area (Å²) in [5, 5.41) is 3.50. The molecule has 1 aromatic rings. The molecule has 0 atom stereocenters. The van der Waals surface area contributed by atoms with Gasteiger partial charge in [-0.1, -0.05) is 0 Å². The monoisotopic (exact) mass is 240 g/mol. The first-order valence-electron chi connectivity index (χ1n) is 6.12. The molecule has 0 aromatic carbocycles. The van der Waals surface area contributed by atoms with Crippen LogP contribution in [-0.4, -0.2) is 24.7 Å². The summed E-state index contributed by atoms with van der Waals surface area (Å²) in [6.07, 6.45) is 5.62. The first kappa shape index (κ1) is 12.0. The van der Waals surface area contributed by atoms with Gasteiger partial charge >= 0.3 is 0 Å². The molecule has 1 aliphatic heterocycles. The van der Waals surface area contributed by atoms with Crippen LogP contribution < -0.4 is 5.73 Å². The highest BCUT2D eigenvalue weighted by molar-refractivity contribution is 7.09. The summed E-state index contributed by atoms with van der Waals surface area (Å²) in [7, 11) is 0. The minimum absolute atomic E-state index is 0.633. The summed E-state index contributed by atoms with van der Waals surface area (Å²) in [5.74, 6) is 0.633. The number of nitrogens with zero attached hydrogens (tertiary/aromatic N) is 1. The van der Waals surface area contributed by atoms with E-state index in [0.29, 0.717) is 5.92 Å². The lowest BCUT2D eigenvalue weighted by Gasteiger charge is -2.19. The Bertz CT molecular complexity index is 308. The Balaban J connectivity index is 1.85.